The predicted octanol–water partition coefficient (Wildman–Crippen LogP) is 9.66. The van der Waals surface area contributed by atoms with E-state index in [0.717, 1.165) is 26.1 Å². The summed E-state index contributed by atoms with van der Waals surface area (Å²) >= 11 is 0. The van der Waals surface area contributed by atoms with Crippen LogP contribution in [0.4, 0.5) is 0 Å². The molecule has 0 saturated heterocycles. The van der Waals surface area contributed by atoms with Crippen LogP contribution in [0, 0.1) is 0 Å². The van der Waals surface area contributed by atoms with Gasteiger partial charge in [0.1, 0.15) is 0 Å². The first-order valence-electron chi connectivity index (χ1n) is 13.8. The van der Waals surface area contributed by atoms with Crippen LogP contribution in [0.3, 0.4) is 0 Å². The number of hydrogen-bond acceptors (Lipinski definition) is 2. The van der Waals surface area contributed by atoms with Gasteiger partial charge >= 0.3 is 0 Å². The van der Waals surface area contributed by atoms with Crippen molar-refractivity contribution >= 4 is 0 Å². The summed E-state index contributed by atoms with van der Waals surface area (Å²) in [6, 6.07) is 31.7. The van der Waals surface area contributed by atoms with Gasteiger partial charge in [-0.25, -0.2) is 0 Å². The van der Waals surface area contributed by atoms with E-state index in [9.17, 15) is 0 Å². The number of allylic oxidation sites excluding steroid dienone is 3. The minimum atomic E-state index is 0.0858. The molecule has 0 amide bonds. The second kappa shape index (κ2) is 18.1. The van der Waals surface area contributed by atoms with Gasteiger partial charge in [0.2, 0.25) is 0 Å². The first-order chi connectivity index (χ1) is 18.1. The Morgan fingerprint density at radius 1 is 0.649 bits per heavy atom. The highest BCUT2D eigenvalue weighted by molar-refractivity contribution is 5.36. The number of ether oxygens (including phenoxy) is 2. The van der Waals surface area contributed by atoms with Gasteiger partial charge in [-0.05, 0) is 60.9 Å². The van der Waals surface area contributed by atoms with Crippen molar-refractivity contribution in [1.29, 1.82) is 0 Å². The molecule has 2 heteroatoms. The van der Waals surface area contributed by atoms with Gasteiger partial charge in [-0.15, -0.1) is 0 Å². The van der Waals surface area contributed by atoms with Crippen molar-refractivity contribution in [2.45, 2.75) is 71.6 Å². The van der Waals surface area contributed by atoms with E-state index in [4.69, 9.17) is 9.47 Å². The minimum absolute atomic E-state index is 0.0858. The Morgan fingerprint density at radius 2 is 1.19 bits per heavy atom. The molecule has 2 heterocycles. The standard InChI is InChI=1S/C15H16.C8H10.C7H12O.C5H8O/c1-15(2,13-9-5-3-6-10-13)14-11-7-4-8-12-14;1-2-8-6-4-3-5-7-8;1-2-7-5-3-4-6-8-7;1-2-4-6-5-3-1/h3-12H,1-2H3;3-7H,2H2,1H3;5H,2-4,6H2,1H3;2,4H,1,3,5H2. The summed E-state index contributed by atoms with van der Waals surface area (Å²) in [7, 11) is 0. The maximum Gasteiger partial charge on any atom is 0.0917 e. The molecule has 0 N–H and O–H groups in total. The molecule has 2 nitrogen and oxygen atoms in total. The summed E-state index contributed by atoms with van der Waals surface area (Å²) in [5.74, 6) is 1.18. The van der Waals surface area contributed by atoms with Gasteiger partial charge in [0.05, 0.1) is 25.2 Å². The van der Waals surface area contributed by atoms with Crippen molar-refractivity contribution < 1.29 is 9.47 Å². The summed E-state index contributed by atoms with van der Waals surface area (Å²) in [5.41, 5.74) is 4.21. The smallest absolute Gasteiger partial charge is 0.0917 e. The van der Waals surface area contributed by atoms with E-state index in [0.29, 0.717) is 0 Å². The molecule has 5 rings (SSSR count). The zero-order valence-electron chi connectivity index (χ0n) is 23.4. The zero-order chi connectivity index (χ0) is 26.6. The molecular weight excluding hydrogens is 452 g/mol. The Kier molecular flexibility index (Phi) is 14.6. The molecule has 37 heavy (non-hydrogen) atoms. The van der Waals surface area contributed by atoms with E-state index < -0.39 is 0 Å². The largest absolute Gasteiger partial charge is 0.502 e. The van der Waals surface area contributed by atoms with Crippen LogP contribution < -0.4 is 0 Å². The normalized spacial score (nSPS) is 14.0. The molecule has 0 aromatic heterocycles. The van der Waals surface area contributed by atoms with Gasteiger partial charge in [0, 0.05) is 11.8 Å². The average molecular weight is 499 g/mol. The van der Waals surface area contributed by atoms with Crippen LogP contribution in [0.2, 0.25) is 0 Å². The van der Waals surface area contributed by atoms with Crippen LogP contribution in [0.1, 0.15) is 76.5 Å². The molecule has 0 atom stereocenters. The highest BCUT2D eigenvalue weighted by Gasteiger charge is 2.21. The lowest BCUT2D eigenvalue weighted by Crippen LogP contribution is -2.18. The highest BCUT2D eigenvalue weighted by atomic mass is 16.5. The Bertz CT molecular complexity index is 955. The lowest BCUT2D eigenvalue weighted by Gasteiger charge is -2.25. The van der Waals surface area contributed by atoms with Crippen LogP contribution in [0.15, 0.2) is 115 Å². The summed E-state index contributed by atoms with van der Waals surface area (Å²) < 4.78 is 10.2. The van der Waals surface area contributed by atoms with E-state index >= 15 is 0 Å². The Labute approximate surface area is 226 Å². The third-order valence-corrected chi connectivity index (χ3v) is 6.42. The summed E-state index contributed by atoms with van der Waals surface area (Å²) in [4.78, 5) is 0. The third-order valence-electron chi connectivity index (χ3n) is 6.42. The van der Waals surface area contributed by atoms with E-state index in [1.807, 2.05) is 12.1 Å². The second-order valence-corrected chi connectivity index (χ2v) is 9.60. The predicted molar refractivity (Wildman–Crippen MR) is 159 cm³/mol. The lowest BCUT2D eigenvalue weighted by molar-refractivity contribution is 0.186. The molecule has 0 fully saturated rings. The van der Waals surface area contributed by atoms with Crippen molar-refractivity contribution in [2.24, 2.45) is 0 Å². The van der Waals surface area contributed by atoms with E-state index in [-0.39, 0.29) is 5.41 Å². The van der Waals surface area contributed by atoms with Gasteiger partial charge in [0.25, 0.3) is 0 Å². The molecule has 0 radical (unpaired) electrons. The van der Waals surface area contributed by atoms with E-state index in [1.165, 1.54) is 48.1 Å². The molecule has 0 aliphatic carbocycles. The van der Waals surface area contributed by atoms with Gasteiger partial charge in [-0.3, -0.25) is 0 Å². The summed E-state index contributed by atoms with van der Waals surface area (Å²) in [6.45, 7) is 10.7. The zero-order valence-corrected chi connectivity index (χ0v) is 23.4. The monoisotopic (exact) mass is 498 g/mol. The van der Waals surface area contributed by atoms with Crippen molar-refractivity contribution in [3.05, 3.63) is 132 Å². The molecule has 2 aliphatic rings. The minimum Gasteiger partial charge on any atom is -0.502 e. The van der Waals surface area contributed by atoms with Gasteiger partial charge in [0.15, 0.2) is 0 Å². The number of rotatable bonds is 4. The topological polar surface area (TPSA) is 18.5 Å². The molecule has 3 aromatic rings. The highest BCUT2D eigenvalue weighted by Crippen LogP contribution is 2.30. The SMILES string of the molecule is C1=COCCC1.CC(C)(c1ccccc1)c1ccccc1.CCC1=CCCCO1.CCc1ccccc1. The van der Waals surface area contributed by atoms with Crippen molar-refractivity contribution in [3.8, 4) is 0 Å². The fourth-order valence-corrected chi connectivity index (χ4v) is 3.93. The molecule has 2 aliphatic heterocycles. The first kappa shape index (κ1) is 30.0. The third kappa shape index (κ3) is 12.0. The number of benzene rings is 3. The van der Waals surface area contributed by atoms with Crippen LogP contribution in [-0.2, 0) is 21.3 Å². The summed E-state index contributed by atoms with van der Waals surface area (Å²) in [6.07, 6.45) is 13.0. The molecular formula is C35H46O2. The summed E-state index contributed by atoms with van der Waals surface area (Å²) in [5, 5.41) is 0. The molecule has 0 saturated carbocycles. The lowest BCUT2D eigenvalue weighted by atomic mass is 9.78. The maximum atomic E-state index is 5.29. The van der Waals surface area contributed by atoms with Crippen molar-refractivity contribution in [2.75, 3.05) is 13.2 Å². The Morgan fingerprint density at radius 3 is 1.49 bits per heavy atom. The average Bonchev–Trinajstić information content (AvgIpc) is 3.01. The van der Waals surface area contributed by atoms with E-state index in [2.05, 4.69) is 119 Å². The van der Waals surface area contributed by atoms with Crippen LogP contribution in [-0.4, -0.2) is 13.2 Å². The van der Waals surface area contributed by atoms with Crippen LogP contribution in [0.5, 0.6) is 0 Å². The maximum absolute atomic E-state index is 5.29. The number of hydrogen-bond donors (Lipinski definition) is 0. The van der Waals surface area contributed by atoms with E-state index in [1.54, 1.807) is 6.26 Å². The van der Waals surface area contributed by atoms with Crippen molar-refractivity contribution in [1.82, 2.24) is 0 Å². The van der Waals surface area contributed by atoms with Crippen molar-refractivity contribution in [3.63, 3.8) is 0 Å². The second-order valence-electron chi connectivity index (χ2n) is 9.60. The molecule has 3 aromatic carbocycles. The molecule has 198 valence electrons. The molecule has 0 spiro atoms. The molecule has 0 unspecified atom stereocenters. The van der Waals surface area contributed by atoms with Crippen LogP contribution in [0.25, 0.3) is 0 Å². The van der Waals surface area contributed by atoms with Gasteiger partial charge in [-0.2, -0.15) is 0 Å². The van der Waals surface area contributed by atoms with Gasteiger partial charge in [-0.1, -0.05) is 119 Å². The fraction of sp³-hybridized carbons (Fsp3) is 0.371. The fourth-order valence-electron chi connectivity index (χ4n) is 3.93. The molecule has 0 bridgehead atoms. The van der Waals surface area contributed by atoms with Crippen LogP contribution >= 0.6 is 0 Å². The quantitative estimate of drug-likeness (QED) is 0.356. The first-order valence-corrected chi connectivity index (χ1v) is 13.8. The number of aryl methyl sites for hydroxylation is 1. The Hall–Kier alpha value is -3.26. The van der Waals surface area contributed by atoms with Gasteiger partial charge < -0.3 is 9.47 Å². The Balaban J connectivity index is 0.000000187.